The molecule has 2 aromatic heterocycles. The third kappa shape index (κ3) is 3.86. The maximum absolute atomic E-state index is 12.8. The number of amides is 1. The molecule has 0 saturated carbocycles. The van der Waals surface area contributed by atoms with Crippen LogP contribution in [0.25, 0.3) is 5.69 Å². The molecule has 1 aliphatic carbocycles. The Balaban J connectivity index is 1.52. The highest BCUT2D eigenvalue weighted by Gasteiger charge is 2.30. The van der Waals surface area contributed by atoms with Crippen molar-refractivity contribution in [1.29, 1.82) is 0 Å². The van der Waals surface area contributed by atoms with E-state index in [2.05, 4.69) is 15.4 Å². The van der Waals surface area contributed by atoms with Crippen LogP contribution in [-0.4, -0.2) is 32.7 Å². The van der Waals surface area contributed by atoms with Crippen LogP contribution in [0.15, 0.2) is 48.7 Å². The summed E-state index contributed by atoms with van der Waals surface area (Å²) >= 11 is 5.95. The number of ether oxygens (including phenoxy) is 1. The molecule has 0 fully saturated rings. The Bertz CT molecular complexity index is 1070. The van der Waals surface area contributed by atoms with Gasteiger partial charge in [-0.25, -0.2) is 14.5 Å². The van der Waals surface area contributed by atoms with E-state index in [4.69, 9.17) is 16.3 Å². The lowest BCUT2D eigenvalue weighted by atomic mass is 10.2. The second kappa shape index (κ2) is 8.05. The van der Waals surface area contributed by atoms with Gasteiger partial charge in [0.1, 0.15) is 0 Å². The number of rotatable bonds is 5. The predicted octanol–water partition coefficient (Wildman–Crippen LogP) is 3.59. The van der Waals surface area contributed by atoms with Crippen molar-refractivity contribution in [3.8, 4) is 5.69 Å². The normalized spacial score (nSPS) is 13.6. The largest absolute Gasteiger partial charge is 0.448 e. The number of para-hydroxylation sites is 1. The second-order valence-corrected chi connectivity index (χ2v) is 7.11. The SMILES string of the molecule is CC(OC(=O)c1nn(-c2ccccc2)c2c1CCC2)C(=O)Nc1cccnc1Cl. The molecule has 1 atom stereocenters. The number of hydrogen-bond acceptors (Lipinski definition) is 5. The Hall–Kier alpha value is -3.19. The molecule has 0 saturated heterocycles. The first-order valence-corrected chi connectivity index (χ1v) is 9.71. The van der Waals surface area contributed by atoms with Crippen LogP contribution in [0.1, 0.15) is 35.1 Å². The number of fused-ring (bicyclic) bond motifs is 1. The highest BCUT2D eigenvalue weighted by molar-refractivity contribution is 6.32. The van der Waals surface area contributed by atoms with Gasteiger partial charge in [0, 0.05) is 17.5 Å². The quantitative estimate of drug-likeness (QED) is 0.513. The Morgan fingerprint density at radius 2 is 1.97 bits per heavy atom. The molecule has 1 aliphatic rings. The zero-order valence-electron chi connectivity index (χ0n) is 15.8. The molecule has 3 aromatic rings. The topological polar surface area (TPSA) is 86.1 Å². The summed E-state index contributed by atoms with van der Waals surface area (Å²) in [6.45, 7) is 1.51. The third-order valence-corrected chi connectivity index (χ3v) is 5.10. The number of anilines is 1. The molecule has 1 N–H and O–H groups in total. The Morgan fingerprint density at radius 3 is 2.72 bits per heavy atom. The van der Waals surface area contributed by atoms with E-state index in [-0.39, 0.29) is 10.8 Å². The number of pyridine rings is 1. The first-order chi connectivity index (χ1) is 14.0. The van der Waals surface area contributed by atoms with E-state index in [9.17, 15) is 9.59 Å². The van der Waals surface area contributed by atoms with Crippen LogP contribution in [0.3, 0.4) is 0 Å². The van der Waals surface area contributed by atoms with Crippen LogP contribution in [-0.2, 0) is 22.4 Å². The minimum Gasteiger partial charge on any atom is -0.448 e. The molecule has 1 unspecified atom stereocenters. The van der Waals surface area contributed by atoms with Crippen molar-refractivity contribution in [2.75, 3.05) is 5.32 Å². The fourth-order valence-corrected chi connectivity index (χ4v) is 3.53. The van der Waals surface area contributed by atoms with Crippen LogP contribution in [0.2, 0.25) is 5.15 Å². The molecule has 0 spiro atoms. The van der Waals surface area contributed by atoms with E-state index < -0.39 is 18.0 Å². The zero-order chi connectivity index (χ0) is 20.4. The number of halogens is 1. The summed E-state index contributed by atoms with van der Waals surface area (Å²) in [4.78, 5) is 29.1. The number of carbonyl (C=O) groups is 2. The summed E-state index contributed by atoms with van der Waals surface area (Å²) < 4.78 is 7.19. The van der Waals surface area contributed by atoms with Gasteiger partial charge in [0.25, 0.3) is 5.91 Å². The lowest BCUT2D eigenvalue weighted by Gasteiger charge is -2.13. The van der Waals surface area contributed by atoms with E-state index in [1.165, 1.54) is 13.1 Å². The minimum atomic E-state index is -1.02. The van der Waals surface area contributed by atoms with Gasteiger partial charge in [-0.1, -0.05) is 29.8 Å². The minimum absolute atomic E-state index is 0.166. The van der Waals surface area contributed by atoms with Gasteiger partial charge >= 0.3 is 5.97 Å². The van der Waals surface area contributed by atoms with Crippen molar-refractivity contribution < 1.29 is 14.3 Å². The summed E-state index contributed by atoms with van der Waals surface area (Å²) in [5, 5.41) is 7.27. The van der Waals surface area contributed by atoms with Gasteiger partial charge in [-0.05, 0) is 50.5 Å². The molecule has 148 valence electrons. The first-order valence-electron chi connectivity index (χ1n) is 9.33. The monoisotopic (exact) mass is 410 g/mol. The second-order valence-electron chi connectivity index (χ2n) is 6.75. The first kappa shape index (κ1) is 19.1. The number of nitrogens with zero attached hydrogens (tertiary/aromatic N) is 3. The van der Waals surface area contributed by atoms with Crippen molar-refractivity contribution in [1.82, 2.24) is 14.8 Å². The average molecular weight is 411 g/mol. The van der Waals surface area contributed by atoms with Crippen LogP contribution >= 0.6 is 11.6 Å². The van der Waals surface area contributed by atoms with Crippen molar-refractivity contribution >= 4 is 29.2 Å². The molecule has 2 heterocycles. The van der Waals surface area contributed by atoms with Crippen LogP contribution < -0.4 is 5.32 Å². The van der Waals surface area contributed by atoms with Gasteiger partial charge in [0.15, 0.2) is 17.0 Å². The number of aromatic nitrogens is 3. The summed E-state index contributed by atoms with van der Waals surface area (Å²) in [6, 6.07) is 12.9. The third-order valence-electron chi connectivity index (χ3n) is 4.79. The smallest absolute Gasteiger partial charge is 0.359 e. The number of nitrogens with one attached hydrogen (secondary N) is 1. The van der Waals surface area contributed by atoms with E-state index in [0.717, 1.165) is 36.2 Å². The molecule has 0 bridgehead atoms. The maximum atomic E-state index is 12.8. The molecular formula is C21H19ClN4O3. The lowest BCUT2D eigenvalue weighted by Crippen LogP contribution is -2.30. The van der Waals surface area contributed by atoms with Crippen LogP contribution in [0.4, 0.5) is 5.69 Å². The standard InChI is InChI=1S/C21H19ClN4O3/c1-13(20(27)24-16-10-6-12-23-19(16)22)29-21(28)18-15-9-5-11-17(15)26(25-18)14-7-3-2-4-8-14/h2-4,6-8,10,12-13H,5,9,11H2,1H3,(H,24,27). The number of esters is 1. The molecule has 29 heavy (non-hydrogen) atoms. The predicted molar refractivity (Wildman–Crippen MR) is 108 cm³/mol. The summed E-state index contributed by atoms with van der Waals surface area (Å²) in [6.07, 6.45) is 3.07. The van der Waals surface area contributed by atoms with Gasteiger partial charge in [-0.15, -0.1) is 0 Å². The Labute approximate surface area is 172 Å². The Morgan fingerprint density at radius 1 is 1.17 bits per heavy atom. The average Bonchev–Trinajstić information content (AvgIpc) is 3.33. The van der Waals surface area contributed by atoms with E-state index in [1.54, 1.807) is 16.8 Å². The number of hydrogen-bond donors (Lipinski definition) is 1. The van der Waals surface area contributed by atoms with Gasteiger partial charge in [0.2, 0.25) is 0 Å². The van der Waals surface area contributed by atoms with Gasteiger partial charge in [0.05, 0.1) is 11.4 Å². The molecule has 0 radical (unpaired) electrons. The molecular weight excluding hydrogens is 392 g/mol. The molecule has 0 aliphatic heterocycles. The fourth-order valence-electron chi connectivity index (χ4n) is 3.37. The summed E-state index contributed by atoms with van der Waals surface area (Å²) in [5.41, 5.74) is 3.42. The van der Waals surface area contributed by atoms with E-state index in [1.807, 2.05) is 30.3 Å². The number of benzene rings is 1. The van der Waals surface area contributed by atoms with Gasteiger partial charge in [-0.3, -0.25) is 4.79 Å². The molecule has 4 rings (SSSR count). The van der Waals surface area contributed by atoms with Crippen molar-refractivity contribution in [3.05, 3.63) is 70.8 Å². The highest BCUT2D eigenvalue weighted by atomic mass is 35.5. The molecule has 8 heteroatoms. The van der Waals surface area contributed by atoms with Crippen molar-refractivity contribution in [2.45, 2.75) is 32.3 Å². The van der Waals surface area contributed by atoms with E-state index >= 15 is 0 Å². The molecule has 7 nitrogen and oxygen atoms in total. The lowest BCUT2D eigenvalue weighted by molar-refractivity contribution is -0.123. The molecule has 1 amide bonds. The van der Waals surface area contributed by atoms with Crippen molar-refractivity contribution in [3.63, 3.8) is 0 Å². The molecule has 1 aromatic carbocycles. The van der Waals surface area contributed by atoms with Crippen LogP contribution in [0.5, 0.6) is 0 Å². The zero-order valence-corrected chi connectivity index (χ0v) is 16.5. The summed E-state index contributed by atoms with van der Waals surface area (Å²) in [7, 11) is 0. The highest BCUT2D eigenvalue weighted by Crippen LogP contribution is 2.28. The van der Waals surface area contributed by atoms with Gasteiger partial charge in [-0.2, -0.15) is 5.10 Å². The number of carbonyl (C=O) groups excluding carboxylic acids is 2. The summed E-state index contributed by atoms with van der Waals surface area (Å²) in [5.74, 6) is -1.11. The van der Waals surface area contributed by atoms with E-state index in [0.29, 0.717) is 5.69 Å². The van der Waals surface area contributed by atoms with Gasteiger partial charge < -0.3 is 10.1 Å². The van der Waals surface area contributed by atoms with Crippen molar-refractivity contribution in [2.24, 2.45) is 0 Å². The maximum Gasteiger partial charge on any atom is 0.359 e. The fraction of sp³-hybridized carbons (Fsp3) is 0.238. The Kier molecular flexibility index (Phi) is 5.31. The van der Waals surface area contributed by atoms with Crippen LogP contribution in [0, 0.1) is 0 Å².